The van der Waals surface area contributed by atoms with Crippen molar-refractivity contribution in [2.75, 3.05) is 13.7 Å². The van der Waals surface area contributed by atoms with Crippen LogP contribution in [0.5, 0.6) is 5.88 Å². The van der Waals surface area contributed by atoms with Gasteiger partial charge in [0, 0.05) is 12.7 Å². The molecule has 1 aromatic carbocycles. The fourth-order valence-electron chi connectivity index (χ4n) is 2.22. The second kappa shape index (κ2) is 8.05. The number of hydrogen-bond donors (Lipinski definition) is 2. The Labute approximate surface area is 138 Å². The van der Waals surface area contributed by atoms with E-state index in [2.05, 4.69) is 10.3 Å². The van der Waals surface area contributed by atoms with Crippen molar-refractivity contribution in [3.05, 3.63) is 59.5 Å². The number of ether oxygens (including phenoxy) is 1. The first-order valence-electron chi connectivity index (χ1n) is 7.32. The third kappa shape index (κ3) is 4.52. The molecule has 0 bridgehead atoms. The van der Waals surface area contributed by atoms with Crippen molar-refractivity contribution in [2.45, 2.75) is 6.42 Å². The maximum atomic E-state index is 12.9. The molecule has 0 aliphatic carbocycles. The average molecular weight is 331 g/mol. The zero-order chi connectivity index (χ0) is 17.5. The lowest BCUT2D eigenvalue weighted by Gasteiger charge is -2.15. The third-order valence-corrected chi connectivity index (χ3v) is 3.52. The highest BCUT2D eigenvalue weighted by atomic mass is 19.1. The van der Waals surface area contributed by atoms with Crippen LogP contribution in [0.3, 0.4) is 0 Å². The van der Waals surface area contributed by atoms with Gasteiger partial charge in [0.1, 0.15) is 11.4 Å². The number of primary amides is 1. The molecule has 2 amide bonds. The first-order valence-corrected chi connectivity index (χ1v) is 7.32. The van der Waals surface area contributed by atoms with Crippen LogP contribution in [0.1, 0.15) is 15.9 Å². The zero-order valence-electron chi connectivity index (χ0n) is 13.2. The summed E-state index contributed by atoms with van der Waals surface area (Å²) in [5.74, 6) is -1.72. The molecule has 126 valence electrons. The Morgan fingerprint density at radius 3 is 2.62 bits per heavy atom. The molecule has 0 aliphatic heterocycles. The molecule has 1 aromatic heterocycles. The number of carbonyl (C=O) groups excluding carboxylic acids is 2. The van der Waals surface area contributed by atoms with E-state index in [1.165, 1.54) is 25.4 Å². The molecular formula is C17H18FN3O3. The largest absolute Gasteiger partial charge is 0.480 e. The monoisotopic (exact) mass is 331 g/mol. The van der Waals surface area contributed by atoms with Gasteiger partial charge in [-0.1, -0.05) is 12.1 Å². The molecule has 0 radical (unpaired) electrons. The van der Waals surface area contributed by atoms with Crippen LogP contribution in [0.2, 0.25) is 0 Å². The van der Waals surface area contributed by atoms with E-state index in [0.29, 0.717) is 6.42 Å². The molecule has 1 unspecified atom stereocenters. The van der Waals surface area contributed by atoms with Crippen LogP contribution < -0.4 is 15.8 Å². The SMILES string of the molecule is COc1ncccc1C(=O)NCC(Cc1ccc(F)cc1)C(N)=O. The molecule has 2 aromatic rings. The minimum atomic E-state index is -0.609. The molecule has 0 fully saturated rings. The lowest BCUT2D eigenvalue weighted by atomic mass is 9.98. The summed E-state index contributed by atoms with van der Waals surface area (Å²) in [6, 6.07) is 8.97. The van der Waals surface area contributed by atoms with Crippen molar-refractivity contribution in [3.63, 3.8) is 0 Å². The molecule has 0 saturated heterocycles. The number of nitrogens with one attached hydrogen (secondary N) is 1. The lowest BCUT2D eigenvalue weighted by Crippen LogP contribution is -2.37. The maximum Gasteiger partial charge on any atom is 0.256 e. The van der Waals surface area contributed by atoms with Crippen LogP contribution in [0.25, 0.3) is 0 Å². The average Bonchev–Trinajstić information content (AvgIpc) is 2.59. The zero-order valence-corrected chi connectivity index (χ0v) is 13.2. The van der Waals surface area contributed by atoms with E-state index in [4.69, 9.17) is 10.5 Å². The molecule has 0 saturated carbocycles. The Balaban J connectivity index is 2.02. The molecule has 3 N–H and O–H groups in total. The summed E-state index contributed by atoms with van der Waals surface area (Å²) >= 11 is 0. The quantitative estimate of drug-likeness (QED) is 0.799. The van der Waals surface area contributed by atoms with E-state index in [-0.39, 0.29) is 23.8 Å². The van der Waals surface area contributed by atoms with Crippen LogP contribution >= 0.6 is 0 Å². The van der Waals surface area contributed by atoms with Gasteiger partial charge in [0.25, 0.3) is 5.91 Å². The van der Waals surface area contributed by atoms with Crippen LogP contribution in [-0.2, 0) is 11.2 Å². The molecule has 7 heteroatoms. The maximum absolute atomic E-state index is 12.9. The van der Waals surface area contributed by atoms with Crippen molar-refractivity contribution < 1.29 is 18.7 Å². The summed E-state index contributed by atoms with van der Waals surface area (Å²) < 4.78 is 18.0. The summed E-state index contributed by atoms with van der Waals surface area (Å²) in [6.45, 7) is 0.0591. The van der Waals surface area contributed by atoms with Gasteiger partial charge in [0.05, 0.1) is 13.0 Å². The lowest BCUT2D eigenvalue weighted by molar-refractivity contribution is -0.121. The van der Waals surface area contributed by atoms with Crippen molar-refractivity contribution >= 4 is 11.8 Å². The van der Waals surface area contributed by atoms with E-state index in [0.717, 1.165) is 5.56 Å². The third-order valence-electron chi connectivity index (χ3n) is 3.52. The molecule has 1 atom stereocenters. The molecule has 6 nitrogen and oxygen atoms in total. The molecule has 24 heavy (non-hydrogen) atoms. The van der Waals surface area contributed by atoms with Gasteiger partial charge < -0.3 is 15.8 Å². The number of amides is 2. The van der Waals surface area contributed by atoms with Gasteiger partial charge in [-0.25, -0.2) is 9.37 Å². The van der Waals surface area contributed by atoms with Crippen LogP contribution in [0.15, 0.2) is 42.6 Å². The second-order valence-corrected chi connectivity index (χ2v) is 5.20. The molecule has 1 heterocycles. The molecule has 0 spiro atoms. The Kier molecular flexibility index (Phi) is 5.83. The van der Waals surface area contributed by atoms with E-state index in [1.54, 1.807) is 24.3 Å². The van der Waals surface area contributed by atoms with E-state index in [9.17, 15) is 14.0 Å². The second-order valence-electron chi connectivity index (χ2n) is 5.20. The predicted octanol–water partition coefficient (Wildman–Crippen LogP) is 1.30. The number of nitrogens with two attached hydrogens (primary N) is 1. The first kappa shape index (κ1) is 17.4. The minimum absolute atomic E-state index is 0.0591. The fourth-order valence-corrected chi connectivity index (χ4v) is 2.22. The minimum Gasteiger partial charge on any atom is -0.480 e. The summed E-state index contributed by atoms with van der Waals surface area (Å²) in [6.07, 6.45) is 1.82. The summed E-state index contributed by atoms with van der Waals surface area (Å²) in [4.78, 5) is 27.8. The summed E-state index contributed by atoms with van der Waals surface area (Å²) in [5, 5.41) is 2.65. The number of methoxy groups -OCH3 is 1. The van der Waals surface area contributed by atoms with Gasteiger partial charge >= 0.3 is 0 Å². The highest BCUT2D eigenvalue weighted by Crippen LogP contribution is 2.14. The van der Waals surface area contributed by atoms with E-state index >= 15 is 0 Å². The van der Waals surface area contributed by atoms with Crippen molar-refractivity contribution in [2.24, 2.45) is 11.7 Å². The Morgan fingerprint density at radius 1 is 1.29 bits per heavy atom. The van der Waals surface area contributed by atoms with E-state index in [1.807, 2.05) is 0 Å². The Hall–Kier alpha value is -2.96. The van der Waals surface area contributed by atoms with Crippen molar-refractivity contribution in [3.8, 4) is 5.88 Å². The summed E-state index contributed by atoms with van der Waals surface area (Å²) in [5.41, 5.74) is 6.42. The number of nitrogens with zero attached hydrogens (tertiary/aromatic N) is 1. The smallest absolute Gasteiger partial charge is 0.256 e. The number of hydrogen-bond acceptors (Lipinski definition) is 4. The van der Waals surface area contributed by atoms with Crippen LogP contribution in [-0.4, -0.2) is 30.5 Å². The van der Waals surface area contributed by atoms with Gasteiger partial charge in [-0.15, -0.1) is 0 Å². The Morgan fingerprint density at radius 2 is 2.00 bits per heavy atom. The van der Waals surface area contributed by atoms with Crippen molar-refractivity contribution in [1.82, 2.24) is 10.3 Å². The van der Waals surface area contributed by atoms with Gasteiger partial charge in [0.2, 0.25) is 11.8 Å². The normalized spacial score (nSPS) is 11.6. The molecule has 0 aliphatic rings. The number of halogens is 1. The number of carbonyl (C=O) groups is 2. The van der Waals surface area contributed by atoms with Gasteiger partial charge in [-0.2, -0.15) is 0 Å². The van der Waals surface area contributed by atoms with Gasteiger partial charge in [-0.3, -0.25) is 9.59 Å². The van der Waals surface area contributed by atoms with Crippen LogP contribution in [0, 0.1) is 11.7 Å². The highest BCUT2D eigenvalue weighted by Gasteiger charge is 2.19. The van der Waals surface area contributed by atoms with Gasteiger partial charge in [0.15, 0.2) is 0 Å². The first-order chi connectivity index (χ1) is 11.5. The Bertz CT molecular complexity index is 719. The van der Waals surface area contributed by atoms with E-state index < -0.39 is 17.7 Å². The molecule has 2 rings (SSSR count). The number of pyridine rings is 1. The van der Waals surface area contributed by atoms with Gasteiger partial charge in [-0.05, 0) is 36.2 Å². The summed E-state index contributed by atoms with van der Waals surface area (Å²) in [7, 11) is 1.42. The predicted molar refractivity (Wildman–Crippen MR) is 85.9 cm³/mol. The highest BCUT2D eigenvalue weighted by molar-refractivity contribution is 5.96. The number of rotatable bonds is 7. The van der Waals surface area contributed by atoms with Crippen LogP contribution in [0.4, 0.5) is 4.39 Å². The number of benzene rings is 1. The number of aromatic nitrogens is 1. The van der Waals surface area contributed by atoms with Crippen molar-refractivity contribution in [1.29, 1.82) is 0 Å². The topological polar surface area (TPSA) is 94.3 Å². The molecular weight excluding hydrogens is 313 g/mol. The fraction of sp³-hybridized carbons (Fsp3) is 0.235. The standard InChI is InChI=1S/C17H18FN3O3/c1-24-17-14(3-2-8-20-17)16(23)21-10-12(15(19)22)9-11-4-6-13(18)7-5-11/h2-8,12H,9-10H2,1H3,(H2,19,22)(H,21,23).